The summed E-state index contributed by atoms with van der Waals surface area (Å²) in [6.45, 7) is 5.92. The average molecular weight is 392 g/mol. The van der Waals surface area contributed by atoms with E-state index >= 15 is 0 Å². The highest BCUT2D eigenvalue weighted by atomic mass is 19.2. The number of carbonyl (C=O) groups excluding carboxylic acids is 2. The zero-order valence-electron chi connectivity index (χ0n) is 15.9. The molecular formula is C19H22F2N4O3. The summed E-state index contributed by atoms with van der Waals surface area (Å²) in [6.07, 6.45) is 0.413. The minimum Gasteiger partial charge on any atom is -0.376 e. The van der Waals surface area contributed by atoms with Crippen LogP contribution in [0.5, 0.6) is 0 Å². The Morgan fingerprint density at radius 1 is 1.29 bits per heavy atom. The third-order valence-corrected chi connectivity index (χ3v) is 4.62. The van der Waals surface area contributed by atoms with Gasteiger partial charge in [-0.15, -0.1) is 0 Å². The number of nitrogens with one attached hydrogen (secondary N) is 1. The summed E-state index contributed by atoms with van der Waals surface area (Å²) in [4.78, 5) is 24.6. The fraction of sp³-hybridized carbons (Fsp3) is 0.421. The molecule has 150 valence electrons. The number of halogens is 2. The SMILES string of the molecule is CC(C)(C)C(NC(=O)n1nc(-c2ccc(F)c(F)c2)c2c1CCOC2)C(N)=O. The van der Waals surface area contributed by atoms with Crippen LogP contribution in [-0.2, 0) is 22.6 Å². The second-order valence-electron chi connectivity index (χ2n) is 7.77. The highest BCUT2D eigenvalue weighted by Gasteiger charge is 2.33. The Bertz CT molecular complexity index is 934. The minimum absolute atomic E-state index is 0.190. The van der Waals surface area contributed by atoms with Crippen molar-refractivity contribution in [3.63, 3.8) is 0 Å². The van der Waals surface area contributed by atoms with E-state index in [1.165, 1.54) is 6.07 Å². The van der Waals surface area contributed by atoms with E-state index in [0.29, 0.717) is 35.5 Å². The summed E-state index contributed by atoms with van der Waals surface area (Å²) in [5.74, 6) is -2.64. The number of aromatic nitrogens is 2. The van der Waals surface area contributed by atoms with Gasteiger partial charge in [0.25, 0.3) is 0 Å². The van der Waals surface area contributed by atoms with E-state index in [-0.39, 0.29) is 6.61 Å². The molecule has 0 fully saturated rings. The lowest BCUT2D eigenvalue weighted by Gasteiger charge is -2.28. The first-order valence-corrected chi connectivity index (χ1v) is 8.83. The molecule has 0 bridgehead atoms. The van der Waals surface area contributed by atoms with Crippen molar-refractivity contribution < 1.29 is 23.1 Å². The molecule has 1 atom stereocenters. The first-order chi connectivity index (χ1) is 13.1. The van der Waals surface area contributed by atoms with E-state index in [1.54, 1.807) is 20.8 Å². The maximum Gasteiger partial charge on any atom is 0.343 e. The van der Waals surface area contributed by atoms with Gasteiger partial charge < -0.3 is 15.8 Å². The number of benzene rings is 1. The van der Waals surface area contributed by atoms with Crippen LogP contribution >= 0.6 is 0 Å². The van der Waals surface area contributed by atoms with Crippen LogP contribution in [0.1, 0.15) is 32.0 Å². The van der Waals surface area contributed by atoms with Crippen molar-refractivity contribution in [1.82, 2.24) is 15.1 Å². The number of fused-ring (bicyclic) bond motifs is 1. The largest absolute Gasteiger partial charge is 0.376 e. The Morgan fingerprint density at radius 2 is 2.00 bits per heavy atom. The quantitative estimate of drug-likeness (QED) is 0.838. The lowest BCUT2D eigenvalue weighted by molar-refractivity contribution is -0.122. The first kappa shape index (κ1) is 19.9. The van der Waals surface area contributed by atoms with E-state index in [0.717, 1.165) is 16.8 Å². The maximum atomic E-state index is 13.7. The molecule has 2 amide bonds. The predicted octanol–water partition coefficient (Wildman–Crippen LogP) is 2.36. The van der Waals surface area contributed by atoms with Crippen LogP contribution in [0.25, 0.3) is 11.3 Å². The minimum atomic E-state index is -1.01. The molecule has 9 heteroatoms. The number of primary amides is 1. The van der Waals surface area contributed by atoms with Gasteiger partial charge in [-0.05, 0) is 23.6 Å². The van der Waals surface area contributed by atoms with Crippen molar-refractivity contribution >= 4 is 11.9 Å². The molecule has 2 aromatic rings. The van der Waals surface area contributed by atoms with Gasteiger partial charge in [0.2, 0.25) is 5.91 Å². The molecule has 7 nitrogen and oxygen atoms in total. The number of rotatable bonds is 3. The lowest BCUT2D eigenvalue weighted by atomic mass is 9.86. The van der Waals surface area contributed by atoms with E-state index in [4.69, 9.17) is 10.5 Å². The molecule has 3 rings (SSSR count). The van der Waals surface area contributed by atoms with Gasteiger partial charge in [-0.1, -0.05) is 20.8 Å². The van der Waals surface area contributed by atoms with Gasteiger partial charge in [-0.2, -0.15) is 9.78 Å². The lowest BCUT2D eigenvalue weighted by Crippen LogP contribution is -2.53. The molecule has 2 heterocycles. The second-order valence-corrected chi connectivity index (χ2v) is 7.77. The molecule has 1 aliphatic heterocycles. The van der Waals surface area contributed by atoms with Crippen LogP contribution in [0, 0.1) is 17.0 Å². The zero-order valence-corrected chi connectivity index (χ0v) is 15.9. The van der Waals surface area contributed by atoms with Crippen molar-refractivity contribution in [3.05, 3.63) is 41.1 Å². The Kier molecular flexibility index (Phi) is 5.20. The molecule has 28 heavy (non-hydrogen) atoms. The number of ether oxygens (including phenoxy) is 1. The van der Waals surface area contributed by atoms with Crippen molar-refractivity contribution in [1.29, 1.82) is 0 Å². The summed E-state index contributed by atoms with van der Waals surface area (Å²) < 4.78 is 33.6. The molecule has 0 radical (unpaired) electrons. The van der Waals surface area contributed by atoms with E-state index < -0.39 is 35.0 Å². The number of hydrogen-bond donors (Lipinski definition) is 2. The molecule has 1 aliphatic rings. The average Bonchev–Trinajstić information content (AvgIpc) is 3.00. The van der Waals surface area contributed by atoms with E-state index in [1.807, 2.05) is 0 Å². The highest BCUT2D eigenvalue weighted by molar-refractivity contribution is 5.88. The second kappa shape index (κ2) is 7.31. The molecule has 0 spiro atoms. The Hall–Kier alpha value is -2.81. The molecule has 3 N–H and O–H groups in total. The fourth-order valence-corrected chi connectivity index (χ4v) is 3.18. The normalized spacial score (nSPS) is 15.0. The van der Waals surface area contributed by atoms with Crippen molar-refractivity contribution in [2.24, 2.45) is 11.1 Å². The topological polar surface area (TPSA) is 99.2 Å². The van der Waals surface area contributed by atoms with Crippen LogP contribution in [0.4, 0.5) is 13.6 Å². The third-order valence-electron chi connectivity index (χ3n) is 4.62. The molecule has 1 aromatic heterocycles. The molecule has 1 aromatic carbocycles. The fourth-order valence-electron chi connectivity index (χ4n) is 3.18. The summed E-state index contributed by atoms with van der Waals surface area (Å²) >= 11 is 0. The molecule has 1 unspecified atom stereocenters. The Labute approximate surface area is 160 Å². The van der Waals surface area contributed by atoms with Crippen LogP contribution in [0.15, 0.2) is 18.2 Å². The molecular weight excluding hydrogens is 370 g/mol. The Balaban J connectivity index is 2.02. The van der Waals surface area contributed by atoms with Gasteiger partial charge in [0.05, 0.1) is 24.6 Å². The highest BCUT2D eigenvalue weighted by Crippen LogP contribution is 2.30. The zero-order chi connectivity index (χ0) is 20.6. The molecule has 0 saturated carbocycles. The van der Waals surface area contributed by atoms with Crippen molar-refractivity contribution in [3.8, 4) is 11.3 Å². The summed E-state index contributed by atoms with van der Waals surface area (Å²) in [5, 5.41) is 6.93. The summed E-state index contributed by atoms with van der Waals surface area (Å²) in [6, 6.07) is 1.88. The number of nitrogens with zero attached hydrogens (tertiary/aromatic N) is 2. The van der Waals surface area contributed by atoms with E-state index in [2.05, 4.69) is 10.4 Å². The third kappa shape index (κ3) is 3.75. The summed E-state index contributed by atoms with van der Waals surface area (Å²) in [7, 11) is 0. The number of carbonyl (C=O) groups is 2. The number of nitrogens with two attached hydrogens (primary N) is 1. The van der Waals surface area contributed by atoms with Gasteiger partial charge in [0.15, 0.2) is 11.6 Å². The predicted molar refractivity (Wildman–Crippen MR) is 97.3 cm³/mol. The maximum absolute atomic E-state index is 13.7. The first-order valence-electron chi connectivity index (χ1n) is 8.83. The van der Waals surface area contributed by atoms with Gasteiger partial charge in [-0.3, -0.25) is 4.79 Å². The van der Waals surface area contributed by atoms with Gasteiger partial charge in [0, 0.05) is 17.5 Å². The van der Waals surface area contributed by atoms with Crippen LogP contribution < -0.4 is 11.1 Å². The Morgan fingerprint density at radius 3 is 2.61 bits per heavy atom. The van der Waals surface area contributed by atoms with Gasteiger partial charge in [-0.25, -0.2) is 13.6 Å². The number of hydrogen-bond acceptors (Lipinski definition) is 4. The van der Waals surface area contributed by atoms with Crippen LogP contribution in [-0.4, -0.2) is 34.4 Å². The monoisotopic (exact) mass is 392 g/mol. The standard InChI is InChI=1S/C19H22F2N4O3/c1-19(2,3)16(17(22)26)23-18(27)25-14-6-7-28-9-11(14)15(24-25)10-4-5-12(20)13(21)8-10/h4-5,8,16H,6-7,9H2,1-3H3,(H2,22,26)(H,23,27). The summed E-state index contributed by atoms with van der Waals surface area (Å²) in [5.41, 5.74) is 6.72. The van der Waals surface area contributed by atoms with Gasteiger partial charge >= 0.3 is 6.03 Å². The number of amides is 2. The van der Waals surface area contributed by atoms with Crippen LogP contribution in [0.3, 0.4) is 0 Å². The van der Waals surface area contributed by atoms with Crippen molar-refractivity contribution in [2.45, 2.75) is 39.8 Å². The van der Waals surface area contributed by atoms with Crippen molar-refractivity contribution in [2.75, 3.05) is 6.61 Å². The van der Waals surface area contributed by atoms with E-state index in [9.17, 15) is 18.4 Å². The van der Waals surface area contributed by atoms with Crippen LogP contribution in [0.2, 0.25) is 0 Å². The molecule has 0 saturated heterocycles. The van der Waals surface area contributed by atoms with Gasteiger partial charge in [0.1, 0.15) is 6.04 Å². The molecule has 0 aliphatic carbocycles. The smallest absolute Gasteiger partial charge is 0.343 e.